The normalized spacial score (nSPS) is 13.3. The van der Waals surface area contributed by atoms with Gasteiger partial charge in [0.2, 0.25) is 0 Å². The Morgan fingerprint density at radius 2 is 1.88 bits per heavy atom. The van der Waals surface area contributed by atoms with Gasteiger partial charge in [0.1, 0.15) is 5.25 Å². The standard InChI is InChI=1S/C15H18N2O2S.C3H6O2/c1-3-18-12-7-10-5-6-17-15(14(20)9-16)11(10)8-13(12)19-4-2;1-2-3(4)5/h7-8,14,20H,3-6H2,1-2H3;2H2,1H3,(H,4,5). The molecule has 0 aromatic heterocycles. The number of aliphatic imine (C=N–C) groups is 1. The Labute approximate surface area is 153 Å². The Kier molecular flexibility index (Phi) is 8.86. The van der Waals surface area contributed by atoms with Crippen LogP contribution in [0.1, 0.15) is 38.3 Å². The third kappa shape index (κ3) is 5.98. The number of fused-ring (bicyclic) bond motifs is 1. The average molecular weight is 364 g/mol. The number of benzene rings is 1. The first-order valence-corrected chi connectivity index (χ1v) is 8.76. The van der Waals surface area contributed by atoms with E-state index in [1.165, 1.54) is 0 Å². The second-order valence-corrected chi connectivity index (χ2v) is 5.63. The van der Waals surface area contributed by atoms with Gasteiger partial charge >= 0.3 is 5.97 Å². The van der Waals surface area contributed by atoms with Crippen molar-refractivity contribution in [1.29, 1.82) is 5.26 Å². The topological polar surface area (TPSA) is 91.9 Å². The predicted molar refractivity (Wildman–Crippen MR) is 100 cm³/mol. The fourth-order valence-electron chi connectivity index (χ4n) is 2.26. The molecule has 1 aliphatic heterocycles. The molecule has 2 rings (SSSR count). The van der Waals surface area contributed by atoms with Gasteiger partial charge in [-0.05, 0) is 38.0 Å². The number of hydrogen-bond donors (Lipinski definition) is 2. The summed E-state index contributed by atoms with van der Waals surface area (Å²) in [6, 6.07) is 6.04. The molecule has 1 atom stereocenters. The summed E-state index contributed by atoms with van der Waals surface area (Å²) in [6.07, 6.45) is 1.07. The minimum absolute atomic E-state index is 0.222. The number of thiol groups is 1. The van der Waals surface area contributed by atoms with Crippen LogP contribution in [-0.4, -0.2) is 41.8 Å². The van der Waals surface area contributed by atoms with E-state index < -0.39 is 11.2 Å². The maximum Gasteiger partial charge on any atom is 0.303 e. The van der Waals surface area contributed by atoms with Crippen molar-refractivity contribution in [1.82, 2.24) is 0 Å². The van der Waals surface area contributed by atoms with Gasteiger partial charge in [-0.1, -0.05) is 6.92 Å². The fraction of sp³-hybridized carbons (Fsp3) is 0.500. The lowest BCUT2D eigenvalue weighted by Gasteiger charge is -2.21. The molecule has 1 N–H and O–H groups in total. The van der Waals surface area contributed by atoms with Crippen LogP contribution in [0.3, 0.4) is 0 Å². The lowest BCUT2D eigenvalue weighted by molar-refractivity contribution is -0.136. The second-order valence-electron chi connectivity index (χ2n) is 5.12. The van der Waals surface area contributed by atoms with E-state index in [4.69, 9.17) is 19.8 Å². The van der Waals surface area contributed by atoms with E-state index >= 15 is 0 Å². The van der Waals surface area contributed by atoms with Gasteiger partial charge in [-0.15, -0.1) is 0 Å². The van der Waals surface area contributed by atoms with E-state index in [1.54, 1.807) is 6.92 Å². The van der Waals surface area contributed by atoms with Crippen molar-refractivity contribution in [2.75, 3.05) is 19.8 Å². The number of rotatable bonds is 6. The highest BCUT2D eigenvalue weighted by Gasteiger charge is 2.22. The molecule has 0 aliphatic carbocycles. The molecule has 0 radical (unpaired) electrons. The van der Waals surface area contributed by atoms with Crippen LogP contribution in [0.25, 0.3) is 0 Å². The van der Waals surface area contributed by atoms with Gasteiger partial charge in [-0.25, -0.2) is 0 Å². The van der Waals surface area contributed by atoms with E-state index in [-0.39, 0.29) is 6.42 Å². The highest BCUT2D eigenvalue weighted by Crippen LogP contribution is 2.34. The van der Waals surface area contributed by atoms with Crippen molar-refractivity contribution < 1.29 is 19.4 Å². The Balaban J connectivity index is 0.000000550. The van der Waals surface area contributed by atoms with Gasteiger partial charge in [-0.2, -0.15) is 17.9 Å². The Morgan fingerprint density at radius 3 is 2.36 bits per heavy atom. The highest BCUT2D eigenvalue weighted by atomic mass is 32.1. The minimum Gasteiger partial charge on any atom is -0.490 e. The van der Waals surface area contributed by atoms with Crippen molar-refractivity contribution in [3.8, 4) is 17.6 Å². The molecule has 1 unspecified atom stereocenters. The number of ether oxygens (including phenoxy) is 2. The molecule has 1 aliphatic rings. The third-order valence-corrected chi connectivity index (χ3v) is 3.75. The van der Waals surface area contributed by atoms with Crippen LogP contribution in [-0.2, 0) is 11.2 Å². The van der Waals surface area contributed by atoms with Crippen molar-refractivity contribution >= 4 is 24.3 Å². The minimum atomic E-state index is -0.745. The number of nitriles is 1. The summed E-state index contributed by atoms with van der Waals surface area (Å²) >= 11 is 4.29. The van der Waals surface area contributed by atoms with Crippen molar-refractivity contribution in [2.24, 2.45) is 4.99 Å². The molecule has 0 saturated carbocycles. The fourth-order valence-corrected chi connectivity index (χ4v) is 2.48. The summed E-state index contributed by atoms with van der Waals surface area (Å²) in [5.74, 6) is 0.702. The molecule has 0 spiro atoms. The molecular formula is C18H24N2O4S. The SMILES string of the molecule is CCC(=O)O.CCOc1cc2c(cc1OCC)C(C(S)C#N)=NCC2. The monoisotopic (exact) mass is 364 g/mol. The van der Waals surface area contributed by atoms with E-state index in [0.29, 0.717) is 25.5 Å². The van der Waals surface area contributed by atoms with Crippen molar-refractivity contribution in [3.63, 3.8) is 0 Å². The van der Waals surface area contributed by atoms with Crippen LogP contribution in [0.15, 0.2) is 17.1 Å². The number of hydrogen-bond acceptors (Lipinski definition) is 6. The predicted octanol–water partition coefficient (Wildman–Crippen LogP) is 3.13. The van der Waals surface area contributed by atoms with Crippen LogP contribution < -0.4 is 9.47 Å². The molecule has 7 heteroatoms. The number of nitrogens with zero attached hydrogens (tertiary/aromatic N) is 2. The molecule has 136 valence electrons. The summed E-state index contributed by atoms with van der Waals surface area (Å²) in [5.41, 5.74) is 2.81. The maximum atomic E-state index is 9.37. The van der Waals surface area contributed by atoms with Gasteiger partial charge < -0.3 is 14.6 Å². The zero-order valence-corrected chi connectivity index (χ0v) is 15.7. The molecule has 0 bridgehead atoms. The van der Waals surface area contributed by atoms with Gasteiger partial charge in [0.25, 0.3) is 0 Å². The van der Waals surface area contributed by atoms with Crippen LogP contribution in [0.2, 0.25) is 0 Å². The van der Waals surface area contributed by atoms with Gasteiger partial charge in [0.15, 0.2) is 11.5 Å². The zero-order valence-electron chi connectivity index (χ0n) is 14.8. The lowest BCUT2D eigenvalue weighted by Crippen LogP contribution is -2.21. The summed E-state index contributed by atoms with van der Waals surface area (Å²) in [7, 11) is 0. The average Bonchev–Trinajstić information content (AvgIpc) is 2.62. The highest BCUT2D eigenvalue weighted by molar-refractivity contribution is 7.82. The molecule has 0 fully saturated rings. The summed E-state index contributed by atoms with van der Waals surface area (Å²) < 4.78 is 11.3. The zero-order chi connectivity index (χ0) is 18.8. The smallest absolute Gasteiger partial charge is 0.303 e. The van der Waals surface area contributed by atoms with Crippen LogP contribution in [0.4, 0.5) is 0 Å². The Hall–Kier alpha value is -2.20. The molecule has 1 heterocycles. The van der Waals surface area contributed by atoms with Crippen molar-refractivity contribution in [2.45, 2.75) is 38.9 Å². The molecule has 0 amide bonds. The van der Waals surface area contributed by atoms with Crippen LogP contribution in [0.5, 0.6) is 11.5 Å². The summed E-state index contributed by atoms with van der Waals surface area (Å²) in [5, 5.41) is 16.3. The van der Waals surface area contributed by atoms with Crippen LogP contribution >= 0.6 is 12.6 Å². The molecule has 0 saturated heterocycles. The van der Waals surface area contributed by atoms with Gasteiger partial charge in [-0.3, -0.25) is 9.79 Å². The first kappa shape index (κ1) is 20.8. The first-order valence-electron chi connectivity index (χ1n) is 8.25. The van der Waals surface area contributed by atoms with Crippen LogP contribution in [0, 0.1) is 11.3 Å². The number of carboxylic acid groups (broad SMARTS) is 1. The Morgan fingerprint density at radius 1 is 1.32 bits per heavy atom. The van der Waals surface area contributed by atoms with Crippen molar-refractivity contribution in [3.05, 3.63) is 23.3 Å². The first-order chi connectivity index (χ1) is 12.0. The van der Waals surface area contributed by atoms with E-state index in [2.05, 4.69) is 23.7 Å². The summed E-state index contributed by atoms with van der Waals surface area (Å²) in [6.45, 7) is 7.31. The van der Waals surface area contributed by atoms with E-state index in [0.717, 1.165) is 29.0 Å². The number of carboxylic acids is 1. The molecule has 25 heavy (non-hydrogen) atoms. The molecular weight excluding hydrogens is 340 g/mol. The molecule has 1 aromatic rings. The summed E-state index contributed by atoms with van der Waals surface area (Å²) in [4.78, 5) is 13.8. The number of carbonyl (C=O) groups is 1. The number of aliphatic carboxylic acids is 1. The second kappa shape index (κ2) is 10.6. The quantitative estimate of drug-likeness (QED) is 0.757. The third-order valence-electron chi connectivity index (χ3n) is 3.39. The lowest BCUT2D eigenvalue weighted by atomic mass is 9.95. The largest absolute Gasteiger partial charge is 0.490 e. The van der Waals surface area contributed by atoms with E-state index in [9.17, 15) is 4.79 Å². The van der Waals surface area contributed by atoms with Gasteiger partial charge in [0, 0.05) is 18.5 Å². The molecule has 6 nitrogen and oxygen atoms in total. The molecule has 1 aromatic carbocycles. The van der Waals surface area contributed by atoms with Gasteiger partial charge in [0.05, 0.1) is 25.0 Å². The van der Waals surface area contributed by atoms with E-state index in [1.807, 2.05) is 26.0 Å². The Bertz CT molecular complexity index is 668. The maximum absolute atomic E-state index is 9.37.